The van der Waals surface area contributed by atoms with Crippen molar-refractivity contribution in [3.8, 4) is 0 Å². The zero-order valence-corrected chi connectivity index (χ0v) is 15.9. The van der Waals surface area contributed by atoms with Crippen molar-refractivity contribution in [2.45, 2.75) is 38.0 Å². The molecule has 3 nitrogen and oxygen atoms in total. The molecule has 0 aliphatic heterocycles. The first-order chi connectivity index (χ1) is 13.3. The molecule has 1 aliphatic rings. The fourth-order valence-corrected chi connectivity index (χ4v) is 4.72. The molecule has 2 aromatic heterocycles. The van der Waals surface area contributed by atoms with Crippen LogP contribution in [0.15, 0.2) is 54.7 Å². The SMILES string of the molecule is Clc1ccc2[nH]c(C[C@H]3CC[C@@H](c4ccnc5ccccc54)CC3)nc2c1. The predicted octanol–water partition coefficient (Wildman–Crippen LogP) is 6.28. The summed E-state index contributed by atoms with van der Waals surface area (Å²) < 4.78 is 0. The van der Waals surface area contributed by atoms with Crippen molar-refractivity contribution < 1.29 is 0 Å². The maximum absolute atomic E-state index is 6.08. The fraction of sp³-hybridized carbons (Fsp3) is 0.304. The van der Waals surface area contributed by atoms with Crippen molar-refractivity contribution in [3.63, 3.8) is 0 Å². The molecule has 1 aliphatic carbocycles. The molecule has 27 heavy (non-hydrogen) atoms. The summed E-state index contributed by atoms with van der Waals surface area (Å²) >= 11 is 6.08. The number of hydrogen-bond acceptors (Lipinski definition) is 2. The van der Waals surface area contributed by atoms with Crippen LogP contribution in [-0.2, 0) is 6.42 Å². The number of fused-ring (bicyclic) bond motifs is 2. The van der Waals surface area contributed by atoms with Crippen LogP contribution in [0.4, 0.5) is 0 Å². The van der Waals surface area contributed by atoms with E-state index in [4.69, 9.17) is 16.6 Å². The Morgan fingerprint density at radius 1 is 0.963 bits per heavy atom. The summed E-state index contributed by atoms with van der Waals surface area (Å²) in [4.78, 5) is 12.7. The highest BCUT2D eigenvalue weighted by Crippen LogP contribution is 2.39. The number of H-pyrrole nitrogens is 1. The smallest absolute Gasteiger partial charge is 0.107 e. The molecule has 1 fully saturated rings. The van der Waals surface area contributed by atoms with Crippen LogP contribution in [0, 0.1) is 5.92 Å². The van der Waals surface area contributed by atoms with Gasteiger partial charge in [0.25, 0.3) is 0 Å². The monoisotopic (exact) mass is 375 g/mol. The largest absolute Gasteiger partial charge is 0.342 e. The average molecular weight is 376 g/mol. The van der Waals surface area contributed by atoms with Crippen LogP contribution in [0.5, 0.6) is 0 Å². The van der Waals surface area contributed by atoms with Crippen molar-refractivity contribution in [2.75, 3.05) is 0 Å². The summed E-state index contributed by atoms with van der Waals surface area (Å²) in [6.07, 6.45) is 7.97. The minimum atomic E-state index is 0.642. The summed E-state index contributed by atoms with van der Waals surface area (Å²) in [6, 6.07) is 16.6. The maximum Gasteiger partial charge on any atom is 0.107 e. The van der Waals surface area contributed by atoms with Gasteiger partial charge in [-0.05, 0) is 73.4 Å². The van der Waals surface area contributed by atoms with E-state index in [1.165, 1.54) is 36.6 Å². The maximum atomic E-state index is 6.08. The molecule has 4 heteroatoms. The summed E-state index contributed by atoms with van der Waals surface area (Å²) in [5.41, 5.74) is 4.62. The number of imidazole rings is 1. The lowest BCUT2D eigenvalue weighted by atomic mass is 9.77. The fourth-order valence-electron chi connectivity index (χ4n) is 4.55. The Kier molecular flexibility index (Phi) is 4.33. The van der Waals surface area contributed by atoms with Crippen LogP contribution in [0.2, 0.25) is 5.02 Å². The summed E-state index contributed by atoms with van der Waals surface area (Å²) in [6.45, 7) is 0. The average Bonchev–Trinajstić information content (AvgIpc) is 3.09. The predicted molar refractivity (Wildman–Crippen MR) is 111 cm³/mol. The number of nitrogens with one attached hydrogen (secondary N) is 1. The molecule has 0 saturated heterocycles. The Morgan fingerprint density at radius 3 is 2.70 bits per heavy atom. The summed E-state index contributed by atoms with van der Waals surface area (Å²) in [5, 5.41) is 2.06. The van der Waals surface area contributed by atoms with Gasteiger partial charge in [0, 0.05) is 23.0 Å². The van der Waals surface area contributed by atoms with Gasteiger partial charge in [-0.2, -0.15) is 0 Å². The Balaban J connectivity index is 1.29. The zero-order chi connectivity index (χ0) is 18.2. The van der Waals surface area contributed by atoms with Crippen LogP contribution in [0.25, 0.3) is 21.9 Å². The summed E-state index contributed by atoms with van der Waals surface area (Å²) in [5.74, 6) is 2.43. The van der Waals surface area contributed by atoms with Gasteiger partial charge in [-0.1, -0.05) is 29.8 Å². The number of rotatable bonds is 3. The van der Waals surface area contributed by atoms with E-state index >= 15 is 0 Å². The first-order valence-corrected chi connectivity index (χ1v) is 10.1. The second kappa shape index (κ2) is 6.97. The third-order valence-electron chi connectivity index (χ3n) is 5.95. The Bertz CT molecular complexity index is 1090. The number of halogens is 1. The van der Waals surface area contributed by atoms with Crippen molar-refractivity contribution >= 4 is 33.5 Å². The molecular formula is C23H22ClN3. The highest BCUT2D eigenvalue weighted by Gasteiger charge is 2.24. The summed E-state index contributed by atoms with van der Waals surface area (Å²) in [7, 11) is 0. The third-order valence-corrected chi connectivity index (χ3v) is 6.18. The molecule has 0 amide bonds. The molecule has 1 N–H and O–H groups in total. The number of nitrogens with zero attached hydrogens (tertiary/aromatic N) is 2. The quantitative estimate of drug-likeness (QED) is 0.457. The van der Waals surface area contributed by atoms with Gasteiger partial charge in [0.05, 0.1) is 16.6 Å². The zero-order valence-electron chi connectivity index (χ0n) is 15.2. The lowest BCUT2D eigenvalue weighted by Gasteiger charge is -2.29. The molecule has 136 valence electrons. The van der Waals surface area contributed by atoms with Crippen molar-refractivity contribution in [2.24, 2.45) is 5.92 Å². The van der Waals surface area contributed by atoms with Crippen LogP contribution in [0.1, 0.15) is 43.0 Å². The lowest BCUT2D eigenvalue weighted by molar-refractivity contribution is 0.322. The first kappa shape index (κ1) is 16.8. The Labute approximate surface area is 163 Å². The van der Waals surface area contributed by atoms with Gasteiger partial charge in [0.1, 0.15) is 5.82 Å². The molecule has 0 unspecified atom stereocenters. The third kappa shape index (κ3) is 3.32. The number of aromatic nitrogens is 3. The van der Waals surface area contributed by atoms with Gasteiger partial charge < -0.3 is 4.98 Å². The van der Waals surface area contributed by atoms with E-state index in [0.717, 1.165) is 33.8 Å². The highest BCUT2D eigenvalue weighted by molar-refractivity contribution is 6.31. The minimum absolute atomic E-state index is 0.642. The number of para-hydroxylation sites is 1. The van der Waals surface area contributed by atoms with E-state index in [9.17, 15) is 0 Å². The van der Waals surface area contributed by atoms with Gasteiger partial charge in [0.15, 0.2) is 0 Å². The van der Waals surface area contributed by atoms with E-state index in [-0.39, 0.29) is 0 Å². The number of benzene rings is 2. The van der Waals surface area contributed by atoms with E-state index in [2.05, 4.69) is 40.3 Å². The molecule has 2 aromatic carbocycles. The number of hydrogen-bond donors (Lipinski definition) is 1. The van der Waals surface area contributed by atoms with Gasteiger partial charge in [-0.15, -0.1) is 0 Å². The standard InChI is InChI=1S/C23H22ClN3/c24-17-9-10-21-22(14-17)27-23(26-21)13-15-5-7-16(8-6-15)18-11-12-25-20-4-2-1-3-19(18)20/h1-4,9-12,14-16H,5-8,13H2,(H,26,27)/t15-,16+. The minimum Gasteiger partial charge on any atom is -0.342 e. The van der Waals surface area contributed by atoms with Gasteiger partial charge >= 0.3 is 0 Å². The van der Waals surface area contributed by atoms with Crippen LogP contribution in [0.3, 0.4) is 0 Å². The number of aromatic amines is 1. The van der Waals surface area contributed by atoms with Crippen molar-refractivity contribution in [3.05, 3.63) is 71.1 Å². The molecule has 2 heterocycles. The number of pyridine rings is 1. The van der Waals surface area contributed by atoms with Crippen molar-refractivity contribution in [1.29, 1.82) is 0 Å². The van der Waals surface area contributed by atoms with Gasteiger partial charge in [0.2, 0.25) is 0 Å². The van der Waals surface area contributed by atoms with E-state index < -0.39 is 0 Å². The molecular weight excluding hydrogens is 354 g/mol. The molecule has 0 radical (unpaired) electrons. The van der Waals surface area contributed by atoms with E-state index in [1.54, 1.807) is 0 Å². The normalized spacial score (nSPS) is 20.3. The van der Waals surface area contributed by atoms with Gasteiger partial charge in [-0.25, -0.2) is 4.98 Å². The second-order valence-corrected chi connectivity index (χ2v) is 8.12. The highest BCUT2D eigenvalue weighted by atomic mass is 35.5. The second-order valence-electron chi connectivity index (χ2n) is 7.68. The van der Waals surface area contributed by atoms with Crippen molar-refractivity contribution in [1.82, 2.24) is 15.0 Å². The van der Waals surface area contributed by atoms with Crippen LogP contribution in [-0.4, -0.2) is 15.0 Å². The molecule has 1 saturated carbocycles. The van der Waals surface area contributed by atoms with E-state index in [1.807, 2.05) is 24.4 Å². The molecule has 4 aromatic rings. The lowest BCUT2D eigenvalue weighted by Crippen LogP contribution is -2.16. The van der Waals surface area contributed by atoms with E-state index in [0.29, 0.717) is 11.8 Å². The Morgan fingerprint density at radius 2 is 1.81 bits per heavy atom. The topological polar surface area (TPSA) is 41.6 Å². The van der Waals surface area contributed by atoms with Crippen LogP contribution < -0.4 is 0 Å². The molecule has 0 bridgehead atoms. The van der Waals surface area contributed by atoms with Crippen LogP contribution >= 0.6 is 11.6 Å². The molecule has 0 spiro atoms. The molecule has 5 rings (SSSR count). The Hall–Kier alpha value is -2.39. The van der Waals surface area contributed by atoms with Gasteiger partial charge in [-0.3, -0.25) is 4.98 Å². The first-order valence-electron chi connectivity index (χ1n) is 9.74. The molecule has 0 atom stereocenters.